The van der Waals surface area contributed by atoms with Crippen LogP contribution in [0.25, 0.3) is 0 Å². The van der Waals surface area contributed by atoms with Gasteiger partial charge in [-0.05, 0) is 47.1 Å². The van der Waals surface area contributed by atoms with E-state index in [-0.39, 0.29) is 29.2 Å². The van der Waals surface area contributed by atoms with Crippen molar-refractivity contribution in [1.29, 1.82) is 0 Å². The van der Waals surface area contributed by atoms with Gasteiger partial charge in [0.05, 0.1) is 25.3 Å². The molecule has 0 aromatic heterocycles. The summed E-state index contributed by atoms with van der Waals surface area (Å²) in [7, 11) is 0. The predicted octanol–water partition coefficient (Wildman–Crippen LogP) is 4.46. The first-order valence-electron chi connectivity index (χ1n) is 8.94. The summed E-state index contributed by atoms with van der Waals surface area (Å²) in [6.45, 7) is 17.4. The first-order chi connectivity index (χ1) is 11.6. The maximum absolute atomic E-state index is 13.2. The molecule has 1 saturated heterocycles. The van der Waals surface area contributed by atoms with Crippen LogP contribution >= 0.6 is 0 Å². The number of carbonyl (C=O) groups is 1. The van der Waals surface area contributed by atoms with Gasteiger partial charge in [0.2, 0.25) is 0 Å². The van der Waals surface area contributed by atoms with E-state index in [0.29, 0.717) is 13.2 Å². The Labute approximate surface area is 152 Å². The molecule has 2 amide bonds. The van der Waals surface area contributed by atoms with Crippen LogP contribution in [0.15, 0.2) is 43.0 Å². The normalized spacial score (nSPS) is 21.8. The van der Waals surface area contributed by atoms with Crippen molar-refractivity contribution in [2.45, 2.75) is 71.3 Å². The SMILES string of the molecule is C=C[C@@H]1[C@@H](COCc2ccccc2)N(C(C)(C)C)C(=O)N1C(C)(C)C. The van der Waals surface area contributed by atoms with Crippen molar-refractivity contribution in [3.05, 3.63) is 48.6 Å². The fourth-order valence-electron chi connectivity index (χ4n) is 3.54. The Kier molecular flexibility index (Phi) is 5.62. The van der Waals surface area contributed by atoms with E-state index in [1.165, 1.54) is 0 Å². The van der Waals surface area contributed by atoms with E-state index in [4.69, 9.17) is 4.74 Å². The average molecular weight is 344 g/mol. The van der Waals surface area contributed by atoms with Crippen molar-refractivity contribution in [3.8, 4) is 0 Å². The lowest BCUT2D eigenvalue weighted by molar-refractivity contribution is 0.0437. The van der Waals surface area contributed by atoms with Gasteiger partial charge in [-0.3, -0.25) is 0 Å². The average Bonchev–Trinajstić information content (AvgIpc) is 2.80. The highest BCUT2D eigenvalue weighted by molar-refractivity contribution is 5.80. The molecule has 1 aromatic carbocycles. The lowest BCUT2D eigenvalue weighted by atomic mass is 9.99. The second kappa shape index (κ2) is 7.20. The molecular weight excluding hydrogens is 312 g/mol. The molecule has 0 saturated carbocycles. The van der Waals surface area contributed by atoms with Crippen LogP contribution in [0, 0.1) is 0 Å². The van der Waals surface area contributed by atoms with E-state index >= 15 is 0 Å². The number of nitrogens with zero attached hydrogens (tertiary/aromatic N) is 2. The zero-order chi connectivity index (χ0) is 18.8. The topological polar surface area (TPSA) is 32.8 Å². The zero-order valence-electron chi connectivity index (χ0n) is 16.5. The minimum absolute atomic E-state index is 0.0482. The Balaban J connectivity index is 2.21. The van der Waals surface area contributed by atoms with E-state index in [0.717, 1.165) is 5.56 Å². The molecule has 2 atom stereocenters. The van der Waals surface area contributed by atoms with Gasteiger partial charge in [-0.25, -0.2) is 4.79 Å². The van der Waals surface area contributed by atoms with Crippen LogP contribution < -0.4 is 0 Å². The molecule has 0 radical (unpaired) electrons. The molecule has 25 heavy (non-hydrogen) atoms. The summed E-state index contributed by atoms with van der Waals surface area (Å²) < 4.78 is 6.00. The van der Waals surface area contributed by atoms with Crippen molar-refractivity contribution in [1.82, 2.24) is 9.80 Å². The second-order valence-electron chi connectivity index (χ2n) is 8.66. The number of rotatable bonds is 5. The summed E-state index contributed by atoms with van der Waals surface area (Å²) in [5.74, 6) is 0. The molecule has 0 unspecified atom stereocenters. The number of urea groups is 1. The summed E-state index contributed by atoms with van der Waals surface area (Å²) in [6.07, 6.45) is 1.88. The molecule has 0 bridgehead atoms. The molecule has 1 aliphatic heterocycles. The Morgan fingerprint density at radius 2 is 1.60 bits per heavy atom. The molecule has 2 rings (SSSR count). The first kappa shape index (κ1) is 19.5. The van der Waals surface area contributed by atoms with Crippen LogP contribution in [0.3, 0.4) is 0 Å². The number of hydrogen-bond acceptors (Lipinski definition) is 2. The van der Waals surface area contributed by atoms with Gasteiger partial charge >= 0.3 is 6.03 Å². The quantitative estimate of drug-likeness (QED) is 0.739. The van der Waals surface area contributed by atoms with Gasteiger partial charge in [-0.15, -0.1) is 6.58 Å². The fraction of sp³-hybridized carbons (Fsp3) is 0.571. The molecule has 4 heteroatoms. The van der Waals surface area contributed by atoms with Crippen molar-refractivity contribution < 1.29 is 9.53 Å². The summed E-state index contributed by atoms with van der Waals surface area (Å²) >= 11 is 0. The van der Waals surface area contributed by atoms with Crippen LogP contribution in [0.5, 0.6) is 0 Å². The smallest absolute Gasteiger partial charge is 0.321 e. The number of hydrogen-bond donors (Lipinski definition) is 0. The van der Waals surface area contributed by atoms with Gasteiger partial charge in [0.15, 0.2) is 0 Å². The highest BCUT2D eigenvalue weighted by Crippen LogP contribution is 2.35. The number of benzene rings is 1. The number of ether oxygens (including phenoxy) is 1. The number of carbonyl (C=O) groups excluding carboxylic acids is 1. The van der Waals surface area contributed by atoms with Crippen molar-refractivity contribution >= 4 is 6.03 Å². The lowest BCUT2D eigenvalue weighted by Gasteiger charge is -2.37. The Morgan fingerprint density at radius 1 is 1.04 bits per heavy atom. The molecule has 4 nitrogen and oxygen atoms in total. The van der Waals surface area contributed by atoms with Gasteiger partial charge in [-0.2, -0.15) is 0 Å². The van der Waals surface area contributed by atoms with E-state index in [2.05, 4.69) is 48.1 Å². The van der Waals surface area contributed by atoms with Crippen LogP contribution in [-0.2, 0) is 11.3 Å². The van der Waals surface area contributed by atoms with E-state index in [1.807, 2.05) is 46.2 Å². The van der Waals surface area contributed by atoms with Crippen LogP contribution in [-0.4, -0.2) is 45.6 Å². The highest BCUT2D eigenvalue weighted by Gasteiger charge is 2.51. The molecule has 138 valence electrons. The zero-order valence-corrected chi connectivity index (χ0v) is 16.5. The standard InChI is InChI=1S/C21H32N2O2/c1-8-17-18(15-25-14-16-12-10-9-11-13-16)23(21(5,6)7)19(24)22(17)20(2,3)4/h8-13,17-18H,1,14-15H2,2-7H3/t17-,18-/m1/s1. The highest BCUT2D eigenvalue weighted by atomic mass is 16.5. The van der Waals surface area contributed by atoms with Gasteiger partial charge < -0.3 is 14.5 Å². The van der Waals surface area contributed by atoms with Crippen LogP contribution in [0.2, 0.25) is 0 Å². The summed E-state index contributed by atoms with van der Waals surface area (Å²) in [5.41, 5.74) is 0.587. The fourth-order valence-corrected chi connectivity index (χ4v) is 3.54. The first-order valence-corrected chi connectivity index (χ1v) is 8.94. The second-order valence-corrected chi connectivity index (χ2v) is 8.66. The number of amides is 2. The molecule has 1 aliphatic rings. The van der Waals surface area contributed by atoms with Crippen molar-refractivity contribution in [3.63, 3.8) is 0 Å². The van der Waals surface area contributed by atoms with Crippen LogP contribution in [0.1, 0.15) is 47.1 Å². The third-order valence-electron chi connectivity index (χ3n) is 4.52. The van der Waals surface area contributed by atoms with Crippen molar-refractivity contribution in [2.24, 2.45) is 0 Å². The predicted molar refractivity (Wildman–Crippen MR) is 102 cm³/mol. The lowest BCUT2D eigenvalue weighted by Crippen LogP contribution is -2.51. The minimum atomic E-state index is -0.279. The van der Waals surface area contributed by atoms with Gasteiger partial charge in [0.25, 0.3) is 0 Å². The molecule has 1 fully saturated rings. The largest absolute Gasteiger partial charge is 0.375 e. The summed E-state index contributed by atoms with van der Waals surface area (Å²) in [6, 6.07) is 10.0. The van der Waals surface area contributed by atoms with Gasteiger partial charge in [0, 0.05) is 11.1 Å². The molecular formula is C21H32N2O2. The molecule has 0 spiro atoms. The van der Waals surface area contributed by atoms with Gasteiger partial charge in [0.1, 0.15) is 0 Å². The summed E-state index contributed by atoms with van der Waals surface area (Å²) in [5, 5.41) is 0. The van der Waals surface area contributed by atoms with E-state index in [9.17, 15) is 4.79 Å². The molecule has 0 N–H and O–H groups in total. The third-order valence-corrected chi connectivity index (χ3v) is 4.52. The van der Waals surface area contributed by atoms with E-state index < -0.39 is 0 Å². The molecule has 0 aliphatic carbocycles. The third kappa shape index (κ3) is 4.24. The van der Waals surface area contributed by atoms with E-state index in [1.54, 1.807) is 0 Å². The minimum Gasteiger partial charge on any atom is -0.375 e. The molecule has 1 aromatic rings. The molecule has 1 heterocycles. The monoisotopic (exact) mass is 344 g/mol. The summed E-state index contributed by atoms with van der Waals surface area (Å²) in [4.78, 5) is 17.0. The van der Waals surface area contributed by atoms with Gasteiger partial charge in [-0.1, -0.05) is 36.4 Å². The maximum atomic E-state index is 13.2. The Bertz CT molecular complexity index is 599. The van der Waals surface area contributed by atoms with Crippen LogP contribution in [0.4, 0.5) is 4.79 Å². The maximum Gasteiger partial charge on any atom is 0.321 e. The Morgan fingerprint density at radius 3 is 2.08 bits per heavy atom. The van der Waals surface area contributed by atoms with Crippen molar-refractivity contribution in [2.75, 3.05) is 6.61 Å². The Hall–Kier alpha value is -1.81.